The Labute approximate surface area is 124 Å². The van der Waals surface area contributed by atoms with Crippen molar-refractivity contribution >= 4 is 22.0 Å². The fourth-order valence-corrected chi connectivity index (χ4v) is 2.93. The van der Waals surface area contributed by atoms with Crippen molar-refractivity contribution in [2.24, 2.45) is 11.1 Å². The van der Waals surface area contributed by atoms with E-state index in [2.05, 4.69) is 17.6 Å². The molecular formula is C12H23N3O5S. The maximum Gasteiger partial charge on any atom is 0.329 e. The van der Waals surface area contributed by atoms with Gasteiger partial charge in [0.05, 0.1) is 5.75 Å². The first kappa shape index (κ1) is 17.7. The van der Waals surface area contributed by atoms with Gasteiger partial charge in [0.2, 0.25) is 10.0 Å². The highest BCUT2D eigenvalue weighted by atomic mass is 32.2. The van der Waals surface area contributed by atoms with Crippen LogP contribution in [-0.4, -0.2) is 43.4 Å². The quantitative estimate of drug-likeness (QED) is 0.510. The van der Waals surface area contributed by atoms with E-state index in [1.807, 2.05) is 0 Å². The number of carbonyl (C=O) groups is 2. The smallest absolute Gasteiger partial charge is 0.329 e. The molecule has 5 N–H and O–H groups in total. The third kappa shape index (κ3) is 5.88. The summed E-state index contributed by atoms with van der Waals surface area (Å²) in [4.78, 5) is 23.2. The summed E-state index contributed by atoms with van der Waals surface area (Å²) in [6.07, 6.45) is 2.47. The van der Waals surface area contributed by atoms with E-state index in [9.17, 15) is 23.1 Å². The lowest BCUT2D eigenvalue weighted by atomic mass is 9.77. The van der Waals surface area contributed by atoms with E-state index in [4.69, 9.17) is 5.14 Å². The van der Waals surface area contributed by atoms with Gasteiger partial charge in [-0.3, -0.25) is 0 Å². The van der Waals surface area contributed by atoms with E-state index in [1.165, 1.54) is 0 Å². The summed E-state index contributed by atoms with van der Waals surface area (Å²) in [5.74, 6) is -0.805. The van der Waals surface area contributed by atoms with E-state index in [0.29, 0.717) is 18.8 Å². The number of aliphatic carboxylic acids is 1. The Morgan fingerprint density at radius 3 is 2.38 bits per heavy atom. The Hall–Kier alpha value is -1.35. The van der Waals surface area contributed by atoms with Crippen LogP contribution in [0.5, 0.6) is 0 Å². The zero-order valence-corrected chi connectivity index (χ0v) is 12.9. The van der Waals surface area contributed by atoms with Crippen LogP contribution in [0.3, 0.4) is 0 Å². The van der Waals surface area contributed by atoms with E-state index in [0.717, 1.165) is 12.8 Å². The van der Waals surface area contributed by atoms with Crippen LogP contribution in [-0.2, 0) is 14.8 Å². The highest BCUT2D eigenvalue weighted by molar-refractivity contribution is 7.89. The summed E-state index contributed by atoms with van der Waals surface area (Å²) in [6, 6.07) is -0.596. The van der Waals surface area contributed by atoms with Crippen molar-refractivity contribution in [3.8, 4) is 0 Å². The van der Waals surface area contributed by atoms with Crippen LogP contribution in [0.25, 0.3) is 0 Å². The lowest BCUT2D eigenvalue weighted by Crippen LogP contribution is -2.58. The number of hydrogen-bond acceptors (Lipinski definition) is 4. The molecule has 1 saturated carbocycles. The zero-order valence-electron chi connectivity index (χ0n) is 12.1. The molecule has 0 aromatic heterocycles. The van der Waals surface area contributed by atoms with Gasteiger partial charge in [0.25, 0.3) is 0 Å². The van der Waals surface area contributed by atoms with Gasteiger partial charge < -0.3 is 15.7 Å². The van der Waals surface area contributed by atoms with Crippen molar-refractivity contribution in [2.45, 2.75) is 44.6 Å². The lowest BCUT2D eigenvalue weighted by molar-refractivity contribution is -0.146. The molecule has 0 atom stereocenters. The number of nitrogens with one attached hydrogen (secondary N) is 2. The number of carboxylic acid groups (broad SMARTS) is 1. The van der Waals surface area contributed by atoms with Crippen molar-refractivity contribution in [1.29, 1.82) is 0 Å². The summed E-state index contributed by atoms with van der Waals surface area (Å²) in [5, 5.41) is 19.2. The lowest BCUT2D eigenvalue weighted by Gasteiger charge is -2.36. The summed E-state index contributed by atoms with van der Waals surface area (Å²) in [6.45, 7) is 2.17. The van der Waals surface area contributed by atoms with E-state index >= 15 is 0 Å². The third-order valence-electron chi connectivity index (χ3n) is 3.78. The standard InChI is InChI=1S/C12H23N3O5S/c1-9-3-5-12(6-4-9,10(16)17)15-11(18)14-7-2-8-21(13,19)20/h9H,2-8H2,1H3,(H,16,17)(H2,13,19,20)(H2,14,15,18). The number of urea groups is 1. The Morgan fingerprint density at radius 2 is 1.90 bits per heavy atom. The average molecular weight is 321 g/mol. The number of carboxylic acids is 1. The highest BCUT2D eigenvalue weighted by Gasteiger charge is 2.42. The van der Waals surface area contributed by atoms with E-state index < -0.39 is 27.6 Å². The Morgan fingerprint density at radius 1 is 1.33 bits per heavy atom. The van der Waals surface area contributed by atoms with Crippen LogP contribution in [0.4, 0.5) is 4.79 Å². The van der Waals surface area contributed by atoms with Gasteiger partial charge in [-0.05, 0) is 38.0 Å². The molecule has 1 rings (SSSR count). The fourth-order valence-electron chi connectivity index (χ4n) is 2.38. The van der Waals surface area contributed by atoms with E-state index in [1.54, 1.807) is 0 Å². The van der Waals surface area contributed by atoms with Gasteiger partial charge in [-0.2, -0.15) is 0 Å². The molecule has 0 spiro atoms. The van der Waals surface area contributed by atoms with Crippen LogP contribution < -0.4 is 15.8 Å². The van der Waals surface area contributed by atoms with Gasteiger partial charge in [0.1, 0.15) is 5.54 Å². The van der Waals surface area contributed by atoms with Crippen molar-refractivity contribution in [3.05, 3.63) is 0 Å². The molecule has 0 aromatic carbocycles. The summed E-state index contributed by atoms with van der Waals surface area (Å²) in [7, 11) is -3.55. The Balaban J connectivity index is 2.45. The summed E-state index contributed by atoms with van der Waals surface area (Å²) in [5.41, 5.74) is -1.23. The molecular weight excluding hydrogens is 298 g/mol. The first-order valence-electron chi connectivity index (χ1n) is 6.94. The largest absolute Gasteiger partial charge is 0.480 e. The van der Waals surface area contributed by atoms with E-state index in [-0.39, 0.29) is 18.7 Å². The molecule has 9 heteroatoms. The monoisotopic (exact) mass is 321 g/mol. The Bertz CT molecular complexity index is 483. The van der Waals surface area contributed by atoms with Crippen molar-refractivity contribution in [1.82, 2.24) is 10.6 Å². The second-order valence-corrected chi connectivity index (χ2v) is 7.41. The average Bonchev–Trinajstić information content (AvgIpc) is 2.36. The molecule has 1 fully saturated rings. The summed E-state index contributed by atoms with van der Waals surface area (Å²) >= 11 is 0. The fraction of sp³-hybridized carbons (Fsp3) is 0.833. The minimum absolute atomic E-state index is 0.119. The molecule has 0 radical (unpaired) electrons. The van der Waals surface area contributed by atoms with Gasteiger partial charge in [-0.1, -0.05) is 6.92 Å². The molecule has 0 aromatic rings. The number of primary sulfonamides is 1. The molecule has 8 nitrogen and oxygen atoms in total. The SMILES string of the molecule is CC1CCC(NC(=O)NCCCS(N)(=O)=O)(C(=O)O)CC1. The van der Waals surface area contributed by atoms with Crippen LogP contribution in [0.1, 0.15) is 39.0 Å². The van der Waals surface area contributed by atoms with Gasteiger partial charge >= 0.3 is 12.0 Å². The maximum absolute atomic E-state index is 11.8. The second-order valence-electron chi connectivity index (χ2n) is 5.67. The normalized spacial score (nSPS) is 26.1. The van der Waals surface area contributed by atoms with Gasteiger partial charge in [-0.25, -0.2) is 23.1 Å². The third-order valence-corrected chi connectivity index (χ3v) is 4.64. The zero-order chi connectivity index (χ0) is 16.1. The molecule has 0 saturated heterocycles. The van der Waals surface area contributed by atoms with Gasteiger partial charge in [-0.15, -0.1) is 0 Å². The molecule has 0 heterocycles. The minimum Gasteiger partial charge on any atom is -0.480 e. The molecule has 1 aliphatic rings. The number of sulfonamides is 1. The van der Waals surface area contributed by atoms with Gasteiger partial charge in [0.15, 0.2) is 0 Å². The number of hydrogen-bond donors (Lipinski definition) is 4. The summed E-state index contributed by atoms with van der Waals surface area (Å²) < 4.78 is 21.5. The van der Waals surface area contributed by atoms with Crippen LogP contribution in [0.2, 0.25) is 0 Å². The maximum atomic E-state index is 11.8. The molecule has 0 unspecified atom stereocenters. The predicted molar refractivity (Wildman–Crippen MR) is 77.1 cm³/mol. The van der Waals surface area contributed by atoms with Crippen molar-refractivity contribution in [3.63, 3.8) is 0 Å². The van der Waals surface area contributed by atoms with Gasteiger partial charge in [0, 0.05) is 6.54 Å². The van der Waals surface area contributed by atoms with Crippen LogP contribution in [0, 0.1) is 5.92 Å². The second kappa shape index (κ2) is 7.08. The number of amides is 2. The van der Waals surface area contributed by atoms with Crippen molar-refractivity contribution in [2.75, 3.05) is 12.3 Å². The molecule has 0 aliphatic heterocycles. The molecule has 2 amide bonds. The first-order chi connectivity index (χ1) is 9.65. The number of nitrogens with two attached hydrogens (primary N) is 1. The number of rotatable bonds is 6. The Kier molecular flexibility index (Phi) is 5.97. The molecule has 0 bridgehead atoms. The molecule has 122 valence electrons. The number of carbonyl (C=O) groups excluding carboxylic acids is 1. The van der Waals surface area contributed by atoms with Crippen molar-refractivity contribution < 1.29 is 23.1 Å². The molecule has 21 heavy (non-hydrogen) atoms. The first-order valence-corrected chi connectivity index (χ1v) is 8.66. The van der Waals surface area contributed by atoms with Crippen LogP contribution >= 0.6 is 0 Å². The predicted octanol–water partition coefficient (Wildman–Crippen LogP) is -0.00230. The molecule has 1 aliphatic carbocycles. The highest BCUT2D eigenvalue weighted by Crippen LogP contribution is 2.32. The van der Waals surface area contributed by atoms with Crippen LogP contribution in [0.15, 0.2) is 0 Å². The topological polar surface area (TPSA) is 139 Å². The minimum atomic E-state index is -3.55.